The van der Waals surface area contributed by atoms with Crippen LogP contribution in [0, 0.1) is 5.92 Å². The van der Waals surface area contributed by atoms with Gasteiger partial charge in [-0.3, -0.25) is 14.5 Å². The van der Waals surface area contributed by atoms with Gasteiger partial charge >= 0.3 is 6.09 Å². The third kappa shape index (κ3) is 5.90. The van der Waals surface area contributed by atoms with Gasteiger partial charge in [0.05, 0.1) is 0 Å². The fourth-order valence-electron chi connectivity index (χ4n) is 4.03. The second-order valence-electron chi connectivity index (χ2n) is 9.95. The van der Waals surface area contributed by atoms with Gasteiger partial charge in [-0.05, 0) is 57.6 Å². The van der Waals surface area contributed by atoms with Crippen LogP contribution in [0.4, 0.5) is 10.5 Å². The predicted molar refractivity (Wildman–Crippen MR) is 124 cm³/mol. The van der Waals surface area contributed by atoms with Crippen molar-refractivity contribution in [1.29, 1.82) is 0 Å². The summed E-state index contributed by atoms with van der Waals surface area (Å²) in [5.41, 5.74) is 1.52. The largest absolute Gasteiger partial charge is 0.444 e. The predicted octanol–water partition coefficient (Wildman–Crippen LogP) is 3.67. The van der Waals surface area contributed by atoms with Crippen molar-refractivity contribution in [3.63, 3.8) is 0 Å². The molecular weight excluding hydrogens is 406 g/mol. The zero-order valence-electron chi connectivity index (χ0n) is 19.8. The molecule has 7 nitrogen and oxygen atoms in total. The molecule has 1 aromatic carbocycles. The van der Waals surface area contributed by atoms with E-state index in [4.69, 9.17) is 4.74 Å². The molecule has 32 heavy (non-hydrogen) atoms. The second-order valence-corrected chi connectivity index (χ2v) is 9.95. The Morgan fingerprint density at radius 2 is 1.91 bits per heavy atom. The SMILES string of the molecule is CC(C)CC(C=CC(=O)N1CCc2ccccc21)NC(=O)C1CCN1C(=O)OC(C)(C)C. The van der Waals surface area contributed by atoms with E-state index in [0.717, 1.165) is 12.1 Å². The number of ether oxygens (including phenoxy) is 1. The van der Waals surface area contributed by atoms with E-state index in [1.165, 1.54) is 10.5 Å². The molecule has 0 bridgehead atoms. The molecule has 3 rings (SSSR count). The molecule has 2 unspecified atom stereocenters. The normalized spacial score (nSPS) is 19.0. The van der Waals surface area contributed by atoms with Crippen LogP contribution >= 0.6 is 0 Å². The van der Waals surface area contributed by atoms with Crippen molar-refractivity contribution in [2.24, 2.45) is 5.92 Å². The number of benzene rings is 1. The minimum absolute atomic E-state index is 0.0861. The van der Waals surface area contributed by atoms with Gasteiger partial charge in [-0.2, -0.15) is 0 Å². The lowest BCUT2D eigenvalue weighted by Gasteiger charge is -2.40. The molecule has 2 heterocycles. The summed E-state index contributed by atoms with van der Waals surface area (Å²) in [6, 6.07) is 7.11. The van der Waals surface area contributed by atoms with E-state index in [-0.39, 0.29) is 17.9 Å². The number of rotatable bonds is 6. The molecule has 0 saturated carbocycles. The Labute approximate surface area is 190 Å². The Bertz CT molecular complexity index is 887. The molecule has 7 heteroatoms. The van der Waals surface area contributed by atoms with Gasteiger partial charge in [-0.1, -0.05) is 38.1 Å². The van der Waals surface area contributed by atoms with Crippen LogP contribution in [0.25, 0.3) is 0 Å². The number of nitrogens with zero attached hydrogens (tertiary/aromatic N) is 2. The molecule has 1 aromatic rings. The Morgan fingerprint density at radius 1 is 1.19 bits per heavy atom. The first-order valence-electron chi connectivity index (χ1n) is 11.4. The standard InChI is InChI=1S/C25H35N3O4/c1-17(2)16-19(10-11-22(29)27-14-12-18-8-6-7-9-20(18)27)26-23(30)21-13-15-28(21)24(31)32-25(3,4)5/h6-11,17,19,21H,12-16H2,1-5H3,(H,26,30). The minimum Gasteiger partial charge on any atom is -0.444 e. The summed E-state index contributed by atoms with van der Waals surface area (Å²) >= 11 is 0. The quantitative estimate of drug-likeness (QED) is 0.683. The topological polar surface area (TPSA) is 79.0 Å². The van der Waals surface area contributed by atoms with Gasteiger partial charge in [-0.15, -0.1) is 0 Å². The lowest BCUT2D eigenvalue weighted by atomic mass is 9.99. The lowest BCUT2D eigenvalue weighted by molar-refractivity contribution is -0.131. The van der Waals surface area contributed by atoms with E-state index in [1.54, 1.807) is 37.8 Å². The summed E-state index contributed by atoms with van der Waals surface area (Å²) in [5, 5.41) is 3.02. The number of hydrogen-bond donors (Lipinski definition) is 1. The number of anilines is 1. The molecule has 0 aliphatic carbocycles. The number of carbonyl (C=O) groups excluding carboxylic acids is 3. The van der Waals surface area contributed by atoms with Gasteiger partial charge in [-0.25, -0.2) is 4.79 Å². The van der Waals surface area contributed by atoms with Gasteiger partial charge in [0.1, 0.15) is 11.6 Å². The highest BCUT2D eigenvalue weighted by molar-refractivity contribution is 6.03. The monoisotopic (exact) mass is 441 g/mol. The number of para-hydroxylation sites is 1. The molecule has 1 saturated heterocycles. The van der Waals surface area contributed by atoms with Gasteiger partial charge in [0.2, 0.25) is 5.91 Å². The smallest absolute Gasteiger partial charge is 0.410 e. The summed E-state index contributed by atoms with van der Waals surface area (Å²) in [7, 11) is 0. The number of hydrogen-bond acceptors (Lipinski definition) is 4. The van der Waals surface area contributed by atoms with Crippen molar-refractivity contribution < 1.29 is 19.1 Å². The van der Waals surface area contributed by atoms with Gasteiger partial charge in [0, 0.05) is 30.9 Å². The van der Waals surface area contributed by atoms with Crippen LogP contribution in [0.5, 0.6) is 0 Å². The van der Waals surface area contributed by atoms with Gasteiger partial charge in [0.25, 0.3) is 5.91 Å². The Kier molecular flexibility index (Phi) is 7.26. The highest BCUT2D eigenvalue weighted by Gasteiger charge is 2.40. The zero-order valence-corrected chi connectivity index (χ0v) is 19.8. The fourth-order valence-corrected chi connectivity index (χ4v) is 4.03. The summed E-state index contributed by atoms with van der Waals surface area (Å²) in [6.07, 6.45) is 5.02. The van der Waals surface area contributed by atoms with Crippen molar-refractivity contribution >= 4 is 23.6 Å². The molecular formula is C25H35N3O4. The van der Waals surface area contributed by atoms with E-state index in [1.807, 2.05) is 24.3 Å². The molecule has 0 spiro atoms. The van der Waals surface area contributed by atoms with Crippen LogP contribution in [0.3, 0.4) is 0 Å². The van der Waals surface area contributed by atoms with E-state index in [0.29, 0.717) is 31.8 Å². The van der Waals surface area contributed by atoms with Crippen LogP contribution in [-0.4, -0.2) is 53.6 Å². The Balaban J connectivity index is 1.62. The Morgan fingerprint density at radius 3 is 2.53 bits per heavy atom. The zero-order chi connectivity index (χ0) is 23.5. The highest BCUT2D eigenvalue weighted by atomic mass is 16.6. The maximum absolute atomic E-state index is 12.9. The molecule has 1 N–H and O–H groups in total. The summed E-state index contributed by atoms with van der Waals surface area (Å²) < 4.78 is 5.40. The van der Waals surface area contributed by atoms with Crippen LogP contribution < -0.4 is 10.2 Å². The van der Waals surface area contributed by atoms with Crippen molar-refractivity contribution in [3.8, 4) is 0 Å². The van der Waals surface area contributed by atoms with E-state index in [9.17, 15) is 14.4 Å². The van der Waals surface area contributed by atoms with Gasteiger partial charge in [0.15, 0.2) is 0 Å². The average Bonchev–Trinajstić information content (AvgIpc) is 3.07. The van der Waals surface area contributed by atoms with Crippen LogP contribution in [0.15, 0.2) is 36.4 Å². The maximum atomic E-state index is 12.9. The van der Waals surface area contributed by atoms with Crippen LogP contribution in [0.1, 0.15) is 53.0 Å². The number of nitrogens with one attached hydrogen (secondary N) is 1. The van der Waals surface area contributed by atoms with Crippen molar-refractivity contribution in [2.45, 2.75) is 71.6 Å². The molecule has 0 aromatic heterocycles. The first-order valence-corrected chi connectivity index (χ1v) is 11.4. The van der Waals surface area contributed by atoms with E-state index in [2.05, 4.69) is 19.2 Å². The summed E-state index contributed by atoms with van der Waals surface area (Å²) in [6.45, 7) is 10.7. The highest BCUT2D eigenvalue weighted by Crippen LogP contribution is 2.27. The number of carbonyl (C=O) groups is 3. The van der Waals surface area contributed by atoms with Crippen LogP contribution in [0.2, 0.25) is 0 Å². The van der Waals surface area contributed by atoms with Crippen molar-refractivity contribution in [2.75, 3.05) is 18.0 Å². The van der Waals surface area contributed by atoms with Crippen molar-refractivity contribution in [1.82, 2.24) is 10.2 Å². The fraction of sp³-hybridized carbons (Fsp3) is 0.560. The first kappa shape index (κ1) is 23.8. The van der Waals surface area contributed by atoms with E-state index < -0.39 is 17.7 Å². The number of fused-ring (bicyclic) bond motifs is 1. The Hall–Kier alpha value is -2.83. The summed E-state index contributed by atoms with van der Waals surface area (Å²) in [4.78, 5) is 41.3. The summed E-state index contributed by atoms with van der Waals surface area (Å²) in [5.74, 6) is 0.0317. The molecule has 1 fully saturated rings. The molecule has 2 aliphatic heterocycles. The third-order valence-corrected chi connectivity index (χ3v) is 5.63. The second kappa shape index (κ2) is 9.76. The number of amides is 3. The number of likely N-dealkylation sites (tertiary alicyclic amines) is 1. The van der Waals surface area contributed by atoms with Crippen molar-refractivity contribution in [3.05, 3.63) is 42.0 Å². The first-order chi connectivity index (χ1) is 15.0. The van der Waals surface area contributed by atoms with E-state index >= 15 is 0 Å². The molecule has 2 atom stereocenters. The molecule has 174 valence electrons. The molecule has 3 amide bonds. The van der Waals surface area contributed by atoms with Gasteiger partial charge < -0.3 is 15.0 Å². The third-order valence-electron chi connectivity index (χ3n) is 5.63. The average molecular weight is 442 g/mol. The minimum atomic E-state index is -0.606. The molecule has 0 radical (unpaired) electrons. The van der Waals surface area contributed by atoms with Crippen LogP contribution in [-0.2, 0) is 20.7 Å². The molecule has 2 aliphatic rings. The maximum Gasteiger partial charge on any atom is 0.410 e. The lowest BCUT2D eigenvalue weighted by Crippen LogP contribution is -2.60.